The van der Waals surface area contributed by atoms with Crippen LogP contribution < -0.4 is 15.0 Å². The second-order valence-corrected chi connectivity index (χ2v) is 24.6. The summed E-state index contributed by atoms with van der Waals surface area (Å²) < 4.78 is 21.7. The molecular weight excluding hydrogens is 467 g/mol. The summed E-state index contributed by atoms with van der Waals surface area (Å²) in [5.41, 5.74) is 3.41. The highest BCUT2D eigenvalue weighted by Crippen LogP contribution is 2.63. The number of hydrogen-bond acceptors (Lipinski definition) is 2. The maximum absolute atomic E-state index is 15.1. The molecule has 4 rings (SSSR count). The van der Waals surface area contributed by atoms with Crippen molar-refractivity contribution < 1.29 is 8.99 Å². The van der Waals surface area contributed by atoms with Gasteiger partial charge in [0.25, 0.3) is 0 Å². The lowest BCUT2D eigenvalue weighted by atomic mass is 10.00. The van der Waals surface area contributed by atoms with Gasteiger partial charge in [0.2, 0.25) is 8.32 Å². The van der Waals surface area contributed by atoms with Crippen LogP contribution in [0.5, 0.6) is 5.75 Å². The first kappa shape index (κ1) is 25.0. The first-order chi connectivity index (χ1) is 15.8. The van der Waals surface area contributed by atoms with Gasteiger partial charge >= 0.3 is 0 Å². The molecule has 0 aromatic heterocycles. The molecule has 0 N–H and O–H groups in total. The highest BCUT2D eigenvalue weighted by molar-refractivity contribution is 7.86. The van der Waals surface area contributed by atoms with Crippen LogP contribution in [-0.2, 0) is 4.57 Å². The van der Waals surface area contributed by atoms with E-state index in [9.17, 15) is 0 Å². The monoisotopic (exact) mass is 504 g/mol. The van der Waals surface area contributed by atoms with E-state index in [4.69, 9.17) is 4.43 Å². The zero-order valence-electron chi connectivity index (χ0n) is 21.8. The number of fused-ring (bicyclic) bond motifs is 1. The van der Waals surface area contributed by atoms with Crippen LogP contribution in [-0.4, -0.2) is 16.4 Å². The Hall–Kier alpha value is -2.14. The van der Waals surface area contributed by atoms with Crippen LogP contribution in [0.3, 0.4) is 0 Å². The topological polar surface area (TPSA) is 26.3 Å². The molecular formula is C29H37O2PSi2. The van der Waals surface area contributed by atoms with Crippen molar-refractivity contribution in [3.05, 3.63) is 94.9 Å². The summed E-state index contributed by atoms with van der Waals surface area (Å²) in [4.78, 5) is 1.17. The van der Waals surface area contributed by atoms with Crippen molar-refractivity contribution in [2.24, 2.45) is 0 Å². The highest BCUT2D eigenvalue weighted by Gasteiger charge is 2.47. The smallest absolute Gasteiger partial charge is 0.250 e. The molecule has 34 heavy (non-hydrogen) atoms. The molecule has 1 aliphatic rings. The van der Waals surface area contributed by atoms with Crippen molar-refractivity contribution in [2.75, 3.05) is 0 Å². The van der Waals surface area contributed by atoms with Crippen LogP contribution in [0, 0.1) is 0 Å². The molecule has 0 aliphatic carbocycles. The van der Waals surface area contributed by atoms with Crippen molar-refractivity contribution in [1.29, 1.82) is 0 Å². The average Bonchev–Trinajstić information content (AvgIpc) is 3.04. The Kier molecular flexibility index (Phi) is 6.25. The molecule has 1 aliphatic heterocycles. The predicted octanol–water partition coefficient (Wildman–Crippen LogP) is 8.03. The minimum absolute atomic E-state index is 0.145. The molecule has 2 nitrogen and oxygen atoms in total. The van der Waals surface area contributed by atoms with Gasteiger partial charge in [0.05, 0.1) is 8.07 Å². The van der Waals surface area contributed by atoms with E-state index in [0.29, 0.717) is 0 Å². The van der Waals surface area contributed by atoms with Gasteiger partial charge in [-0.2, -0.15) is 0 Å². The standard InChI is InChI=1S/C29H37O2PSi2/c1-29(2,3)34(7,8)31-23-20-18-22(19-21-23)27-25-16-12-13-17-26(25)32(30,28(27)33(4,5)6)24-14-10-9-11-15-24/h9-21H,1-8H3. The van der Waals surface area contributed by atoms with Crippen molar-refractivity contribution in [3.8, 4) is 5.75 Å². The van der Waals surface area contributed by atoms with E-state index in [1.165, 1.54) is 10.5 Å². The van der Waals surface area contributed by atoms with Crippen LogP contribution in [0.2, 0.25) is 37.8 Å². The van der Waals surface area contributed by atoms with Gasteiger partial charge in [0, 0.05) is 10.6 Å². The lowest BCUT2D eigenvalue weighted by Gasteiger charge is -2.36. The molecule has 0 amide bonds. The van der Waals surface area contributed by atoms with E-state index < -0.39 is 23.5 Å². The number of benzene rings is 3. The van der Waals surface area contributed by atoms with Crippen molar-refractivity contribution >= 4 is 39.7 Å². The van der Waals surface area contributed by atoms with Gasteiger partial charge in [-0.1, -0.05) is 107 Å². The van der Waals surface area contributed by atoms with Gasteiger partial charge in [-0.3, -0.25) is 0 Å². The maximum atomic E-state index is 15.1. The summed E-state index contributed by atoms with van der Waals surface area (Å²) in [6.45, 7) is 18.3. The van der Waals surface area contributed by atoms with Crippen molar-refractivity contribution in [3.63, 3.8) is 0 Å². The minimum atomic E-state index is -2.92. The maximum Gasteiger partial charge on any atom is 0.250 e. The molecule has 0 saturated heterocycles. The van der Waals surface area contributed by atoms with Gasteiger partial charge in [-0.15, -0.1) is 0 Å². The molecule has 1 unspecified atom stereocenters. The van der Waals surface area contributed by atoms with Gasteiger partial charge in [0.15, 0.2) is 7.14 Å². The van der Waals surface area contributed by atoms with Crippen LogP contribution >= 0.6 is 7.14 Å². The predicted molar refractivity (Wildman–Crippen MR) is 153 cm³/mol. The first-order valence-electron chi connectivity index (χ1n) is 12.1. The van der Waals surface area contributed by atoms with E-state index in [0.717, 1.165) is 27.5 Å². The van der Waals surface area contributed by atoms with Gasteiger partial charge in [-0.05, 0) is 51.9 Å². The molecule has 3 aromatic carbocycles. The fourth-order valence-corrected chi connectivity index (χ4v) is 13.9. The molecule has 0 bridgehead atoms. The lowest BCUT2D eigenvalue weighted by molar-refractivity contribution is 0.492. The van der Waals surface area contributed by atoms with Crippen LogP contribution in [0.25, 0.3) is 5.57 Å². The van der Waals surface area contributed by atoms with E-state index in [1.807, 2.05) is 36.4 Å². The number of hydrogen-bond donors (Lipinski definition) is 0. The van der Waals surface area contributed by atoms with Crippen molar-refractivity contribution in [2.45, 2.75) is 58.5 Å². The Labute approximate surface area is 207 Å². The zero-order valence-corrected chi connectivity index (χ0v) is 24.7. The van der Waals surface area contributed by atoms with E-state index in [-0.39, 0.29) is 5.04 Å². The molecule has 0 fully saturated rings. The summed E-state index contributed by atoms with van der Waals surface area (Å²) in [6.07, 6.45) is 0. The lowest BCUT2D eigenvalue weighted by Crippen LogP contribution is -2.43. The second kappa shape index (κ2) is 8.51. The highest BCUT2D eigenvalue weighted by atomic mass is 31.2. The minimum Gasteiger partial charge on any atom is -0.544 e. The molecule has 0 spiro atoms. The van der Waals surface area contributed by atoms with Crippen molar-refractivity contribution in [1.82, 2.24) is 0 Å². The fourth-order valence-electron chi connectivity index (χ4n) is 4.55. The van der Waals surface area contributed by atoms with E-state index in [2.05, 4.69) is 96.0 Å². The quantitative estimate of drug-likeness (QED) is 0.260. The Morgan fingerprint density at radius 2 is 1.29 bits per heavy atom. The Balaban J connectivity index is 1.90. The Bertz CT molecular complexity index is 1280. The van der Waals surface area contributed by atoms with Crippen LogP contribution in [0.4, 0.5) is 0 Å². The third-order valence-electron chi connectivity index (χ3n) is 7.22. The third-order valence-corrected chi connectivity index (χ3v) is 19.2. The molecule has 5 heteroatoms. The molecule has 0 radical (unpaired) electrons. The average molecular weight is 505 g/mol. The van der Waals surface area contributed by atoms with Crippen LogP contribution in [0.15, 0.2) is 83.8 Å². The normalized spacial score (nSPS) is 18.7. The summed E-state index contributed by atoms with van der Waals surface area (Å²) >= 11 is 0. The summed E-state index contributed by atoms with van der Waals surface area (Å²) in [7, 11) is -6.80. The van der Waals surface area contributed by atoms with E-state index in [1.54, 1.807) is 0 Å². The zero-order chi connectivity index (χ0) is 24.9. The largest absolute Gasteiger partial charge is 0.544 e. The Morgan fingerprint density at radius 3 is 1.85 bits per heavy atom. The van der Waals surface area contributed by atoms with E-state index >= 15 is 4.57 Å². The van der Waals surface area contributed by atoms with Crippen LogP contribution in [0.1, 0.15) is 31.9 Å². The summed E-state index contributed by atoms with van der Waals surface area (Å²) in [6, 6.07) is 26.9. The summed E-state index contributed by atoms with van der Waals surface area (Å²) in [5.74, 6) is 0.919. The first-order valence-corrected chi connectivity index (χ1v) is 20.2. The van der Waals surface area contributed by atoms with Gasteiger partial charge in [-0.25, -0.2) is 0 Å². The number of rotatable bonds is 5. The molecule has 178 valence electrons. The second-order valence-electron chi connectivity index (χ2n) is 11.8. The fraction of sp³-hybridized carbons (Fsp3) is 0.310. The molecule has 1 atom stereocenters. The molecule has 0 saturated carbocycles. The Morgan fingerprint density at radius 1 is 0.735 bits per heavy atom. The molecule has 3 aromatic rings. The molecule has 1 heterocycles. The summed E-state index contributed by atoms with van der Waals surface area (Å²) in [5, 5.41) is 2.06. The van der Waals surface area contributed by atoms with Gasteiger partial charge < -0.3 is 8.99 Å². The SMILES string of the molecule is CC(C)(C)[Si](C)(C)Oc1ccc(C2=C([Si](C)(C)C)P(=O)(c3ccccc3)c3ccccc32)cc1. The van der Waals surface area contributed by atoms with Gasteiger partial charge in [0.1, 0.15) is 5.75 Å². The third kappa shape index (κ3) is 4.21.